The minimum atomic E-state index is -0.0960. The summed E-state index contributed by atoms with van der Waals surface area (Å²) >= 11 is 0. The minimum absolute atomic E-state index is 0.0960. The fraction of sp³-hybridized carbons (Fsp3) is 0.278. The highest BCUT2D eigenvalue weighted by molar-refractivity contribution is 5.90. The lowest BCUT2D eigenvalue weighted by molar-refractivity contribution is -0.116. The van der Waals surface area contributed by atoms with Gasteiger partial charge in [0.05, 0.1) is 18.4 Å². The number of hydrogen-bond acceptors (Lipinski definition) is 3. The van der Waals surface area contributed by atoms with Crippen molar-refractivity contribution in [3.8, 4) is 0 Å². The second-order valence-electron chi connectivity index (χ2n) is 6.05. The first-order valence-corrected chi connectivity index (χ1v) is 7.88. The zero-order valence-electron chi connectivity index (χ0n) is 14.2. The van der Waals surface area contributed by atoms with E-state index >= 15 is 0 Å². The van der Waals surface area contributed by atoms with Crippen LogP contribution < -0.4 is 5.32 Å². The Balaban J connectivity index is 1.66. The Morgan fingerprint density at radius 3 is 2.71 bits per heavy atom. The van der Waals surface area contributed by atoms with Gasteiger partial charge in [-0.3, -0.25) is 14.2 Å². The fourth-order valence-corrected chi connectivity index (χ4v) is 2.66. The zero-order valence-corrected chi connectivity index (χ0v) is 14.2. The Bertz CT molecular complexity index is 862. The minimum Gasteiger partial charge on any atom is -0.324 e. The van der Waals surface area contributed by atoms with Crippen molar-refractivity contribution in [3.63, 3.8) is 0 Å². The normalized spacial score (nSPS) is 10.8. The molecule has 0 atom stereocenters. The number of aromatic nitrogens is 4. The van der Waals surface area contributed by atoms with Crippen LogP contribution in [-0.4, -0.2) is 25.5 Å². The van der Waals surface area contributed by atoms with E-state index in [4.69, 9.17) is 0 Å². The SMILES string of the molecule is Cc1cnn(CC(=O)Nc2cccc(Cn3nc(C)cc3C)c2)c1. The first kappa shape index (κ1) is 16.0. The smallest absolute Gasteiger partial charge is 0.246 e. The molecule has 124 valence electrons. The lowest BCUT2D eigenvalue weighted by atomic mass is 10.2. The van der Waals surface area contributed by atoms with Crippen LogP contribution in [0.3, 0.4) is 0 Å². The van der Waals surface area contributed by atoms with E-state index in [0.717, 1.165) is 28.2 Å². The summed E-state index contributed by atoms with van der Waals surface area (Å²) in [4.78, 5) is 12.1. The molecule has 24 heavy (non-hydrogen) atoms. The maximum atomic E-state index is 12.1. The predicted molar refractivity (Wildman–Crippen MR) is 92.8 cm³/mol. The van der Waals surface area contributed by atoms with Crippen LogP contribution in [0.15, 0.2) is 42.7 Å². The molecule has 0 fully saturated rings. The molecule has 1 N–H and O–H groups in total. The topological polar surface area (TPSA) is 64.7 Å². The highest BCUT2D eigenvalue weighted by Crippen LogP contribution is 2.13. The van der Waals surface area contributed by atoms with Crippen LogP contribution in [0.5, 0.6) is 0 Å². The number of anilines is 1. The summed E-state index contributed by atoms with van der Waals surface area (Å²) in [5.74, 6) is -0.0960. The molecule has 6 nitrogen and oxygen atoms in total. The maximum absolute atomic E-state index is 12.1. The molecule has 6 heteroatoms. The molecule has 0 aliphatic rings. The molecule has 3 aromatic rings. The number of benzene rings is 1. The van der Waals surface area contributed by atoms with Crippen molar-refractivity contribution >= 4 is 11.6 Å². The summed E-state index contributed by atoms with van der Waals surface area (Å²) in [5.41, 5.74) is 5.04. The van der Waals surface area contributed by atoms with Crippen molar-refractivity contribution < 1.29 is 4.79 Å². The first-order chi connectivity index (χ1) is 11.5. The molecule has 3 rings (SSSR count). The monoisotopic (exact) mass is 323 g/mol. The number of rotatable bonds is 5. The second kappa shape index (κ2) is 6.70. The van der Waals surface area contributed by atoms with Gasteiger partial charge in [0.15, 0.2) is 0 Å². The molecule has 2 heterocycles. The molecule has 0 bridgehead atoms. The van der Waals surface area contributed by atoms with Gasteiger partial charge in [-0.25, -0.2) is 0 Å². The zero-order chi connectivity index (χ0) is 17.1. The van der Waals surface area contributed by atoms with E-state index in [2.05, 4.69) is 21.6 Å². The van der Waals surface area contributed by atoms with Gasteiger partial charge < -0.3 is 5.32 Å². The Hall–Kier alpha value is -2.89. The third kappa shape index (κ3) is 3.90. The quantitative estimate of drug-likeness (QED) is 0.785. The second-order valence-corrected chi connectivity index (χ2v) is 6.05. The summed E-state index contributed by atoms with van der Waals surface area (Å²) in [6.07, 6.45) is 3.58. The van der Waals surface area contributed by atoms with Gasteiger partial charge in [0.2, 0.25) is 5.91 Å². The number of amides is 1. The predicted octanol–water partition coefficient (Wildman–Crippen LogP) is 2.69. The highest BCUT2D eigenvalue weighted by Gasteiger charge is 2.06. The molecular formula is C18H21N5O. The van der Waals surface area contributed by atoms with Crippen LogP contribution in [-0.2, 0) is 17.9 Å². The fourth-order valence-electron chi connectivity index (χ4n) is 2.66. The van der Waals surface area contributed by atoms with Crippen molar-refractivity contribution in [1.29, 1.82) is 0 Å². The van der Waals surface area contributed by atoms with E-state index in [-0.39, 0.29) is 12.5 Å². The Kier molecular flexibility index (Phi) is 4.46. The van der Waals surface area contributed by atoms with Crippen LogP contribution in [0.1, 0.15) is 22.5 Å². The van der Waals surface area contributed by atoms with E-state index in [1.54, 1.807) is 10.9 Å². The molecule has 0 spiro atoms. The molecule has 0 saturated carbocycles. The number of carbonyl (C=O) groups is 1. The van der Waals surface area contributed by atoms with Gasteiger partial charge in [0.25, 0.3) is 0 Å². The maximum Gasteiger partial charge on any atom is 0.246 e. The average molecular weight is 323 g/mol. The van der Waals surface area contributed by atoms with Crippen molar-refractivity contribution in [2.24, 2.45) is 0 Å². The molecule has 0 aliphatic carbocycles. The van der Waals surface area contributed by atoms with Crippen LogP contribution >= 0.6 is 0 Å². The summed E-state index contributed by atoms with van der Waals surface area (Å²) in [5, 5.41) is 11.5. The largest absolute Gasteiger partial charge is 0.324 e. The summed E-state index contributed by atoms with van der Waals surface area (Å²) in [6, 6.07) is 9.88. The van der Waals surface area contributed by atoms with Crippen molar-refractivity contribution in [2.75, 3.05) is 5.32 Å². The molecule has 1 amide bonds. The Labute approximate surface area is 141 Å². The van der Waals surface area contributed by atoms with E-state index in [1.807, 2.05) is 55.9 Å². The summed E-state index contributed by atoms with van der Waals surface area (Å²) in [6.45, 7) is 6.86. The first-order valence-electron chi connectivity index (χ1n) is 7.88. The van der Waals surface area contributed by atoms with Gasteiger partial charge in [-0.15, -0.1) is 0 Å². The van der Waals surface area contributed by atoms with E-state index in [1.165, 1.54) is 0 Å². The van der Waals surface area contributed by atoms with Gasteiger partial charge in [0, 0.05) is 17.6 Å². The number of carbonyl (C=O) groups excluding carboxylic acids is 1. The van der Waals surface area contributed by atoms with E-state index in [0.29, 0.717) is 6.54 Å². The van der Waals surface area contributed by atoms with Crippen LogP contribution in [0.25, 0.3) is 0 Å². The summed E-state index contributed by atoms with van der Waals surface area (Å²) in [7, 11) is 0. The molecule has 0 radical (unpaired) electrons. The van der Waals surface area contributed by atoms with Crippen LogP contribution in [0.2, 0.25) is 0 Å². The van der Waals surface area contributed by atoms with Crippen molar-refractivity contribution in [2.45, 2.75) is 33.9 Å². The molecular weight excluding hydrogens is 302 g/mol. The lowest BCUT2D eigenvalue weighted by Crippen LogP contribution is -2.19. The third-order valence-corrected chi connectivity index (χ3v) is 3.71. The van der Waals surface area contributed by atoms with Gasteiger partial charge in [0.1, 0.15) is 6.54 Å². The van der Waals surface area contributed by atoms with Gasteiger partial charge in [-0.2, -0.15) is 10.2 Å². The molecule has 0 unspecified atom stereocenters. The number of hydrogen-bond donors (Lipinski definition) is 1. The Morgan fingerprint density at radius 2 is 2.04 bits per heavy atom. The van der Waals surface area contributed by atoms with Gasteiger partial charge in [-0.05, 0) is 50.1 Å². The van der Waals surface area contributed by atoms with E-state index < -0.39 is 0 Å². The van der Waals surface area contributed by atoms with Crippen molar-refractivity contribution in [1.82, 2.24) is 19.6 Å². The summed E-state index contributed by atoms with van der Waals surface area (Å²) < 4.78 is 3.59. The van der Waals surface area contributed by atoms with Gasteiger partial charge >= 0.3 is 0 Å². The Morgan fingerprint density at radius 1 is 1.21 bits per heavy atom. The van der Waals surface area contributed by atoms with Crippen LogP contribution in [0, 0.1) is 20.8 Å². The third-order valence-electron chi connectivity index (χ3n) is 3.71. The average Bonchev–Trinajstić information content (AvgIpc) is 3.05. The lowest BCUT2D eigenvalue weighted by Gasteiger charge is -2.09. The van der Waals surface area contributed by atoms with Crippen LogP contribution in [0.4, 0.5) is 5.69 Å². The number of aryl methyl sites for hydroxylation is 3. The molecule has 1 aromatic carbocycles. The molecule has 2 aromatic heterocycles. The number of nitrogens with zero attached hydrogens (tertiary/aromatic N) is 4. The van der Waals surface area contributed by atoms with Crippen molar-refractivity contribution in [3.05, 3.63) is 65.2 Å². The standard InChI is InChI=1S/C18H21N5O/c1-13-9-19-22(10-13)12-18(24)20-17-6-4-5-16(8-17)11-23-15(3)7-14(2)21-23/h4-10H,11-12H2,1-3H3,(H,20,24). The highest BCUT2D eigenvalue weighted by atomic mass is 16.2. The number of nitrogens with one attached hydrogen (secondary N) is 1. The molecule has 0 aliphatic heterocycles. The van der Waals surface area contributed by atoms with Gasteiger partial charge in [-0.1, -0.05) is 12.1 Å². The van der Waals surface area contributed by atoms with E-state index in [9.17, 15) is 4.79 Å². The molecule has 0 saturated heterocycles.